The number of aliphatic hydroxyl groups excluding tert-OH is 1. The van der Waals surface area contributed by atoms with E-state index in [0.29, 0.717) is 4.47 Å². The molecule has 4 aromatic rings. The van der Waals surface area contributed by atoms with E-state index in [4.69, 9.17) is 23.2 Å². The minimum absolute atomic E-state index is 0.00136. The summed E-state index contributed by atoms with van der Waals surface area (Å²) in [5.74, 6) is -4.24. The number of ether oxygens (including phenoxy) is 3. The molecule has 57 heavy (non-hydrogen) atoms. The molecule has 3 aliphatic rings. The van der Waals surface area contributed by atoms with Crippen LogP contribution in [0.3, 0.4) is 0 Å². The van der Waals surface area contributed by atoms with Crippen LogP contribution in [-0.4, -0.2) is 66.5 Å². The zero-order chi connectivity index (χ0) is 41.6. The molecule has 3 aromatic carbocycles. The van der Waals surface area contributed by atoms with Crippen molar-refractivity contribution in [1.29, 1.82) is 0 Å². The summed E-state index contributed by atoms with van der Waals surface area (Å²) >= 11 is 3.44. The molecule has 0 spiro atoms. The SMILES string of the molecule is CN(C)[C@@H]1c2onc(OCc3ccccc3)c2C(=O)[C@@]2(O[Si](C)(C)C(C)(C)C)C(=O)C3=C(O)c4c(c(F)c5ccc(Br)cc5c4OC(=O)OC(C)(C)C)C[C@H]3C[C@@H]12. The number of benzene rings is 3. The van der Waals surface area contributed by atoms with Gasteiger partial charge in [0.2, 0.25) is 11.6 Å². The third kappa shape index (κ3) is 6.81. The molecule has 0 radical (unpaired) electrons. The fourth-order valence-corrected chi connectivity index (χ4v) is 9.99. The molecule has 1 fully saturated rings. The number of ketones is 2. The second-order valence-electron chi connectivity index (χ2n) is 17.9. The molecule has 1 aromatic heterocycles. The number of halogens is 2. The molecule has 302 valence electrons. The van der Waals surface area contributed by atoms with Crippen LogP contribution in [-0.2, 0) is 27.0 Å². The lowest BCUT2D eigenvalue weighted by Crippen LogP contribution is -2.68. The summed E-state index contributed by atoms with van der Waals surface area (Å²) in [6.07, 6.45) is -0.989. The van der Waals surface area contributed by atoms with Gasteiger partial charge >= 0.3 is 6.16 Å². The number of Topliss-reactive ketones (excluding diaryl/α,β-unsaturated/α-hetero) is 2. The summed E-state index contributed by atoms with van der Waals surface area (Å²) in [5, 5.41) is 16.6. The Morgan fingerprint density at radius 1 is 1.04 bits per heavy atom. The van der Waals surface area contributed by atoms with Crippen molar-refractivity contribution in [1.82, 2.24) is 10.1 Å². The second-order valence-corrected chi connectivity index (χ2v) is 23.6. The second kappa shape index (κ2) is 14.2. The molecular formula is C43H48BrFN2O9Si. The van der Waals surface area contributed by atoms with Crippen LogP contribution in [0.25, 0.3) is 16.5 Å². The highest BCUT2D eigenvalue weighted by Crippen LogP contribution is 2.59. The van der Waals surface area contributed by atoms with Crippen molar-refractivity contribution in [3.8, 4) is 11.6 Å². The lowest BCUT2D eigenvalue weighted by atomic mass is 9.57. The Morgan fingerprint density at radius 3 is 2.35 bits per heavy atom. The first-order valence-electron chi connectivity index (χ1n) is 19.0. The van der Waals surface area contributed by atoms with Gasteiger partial charge in [-0.2, -0.15) is 0 Å². The van der Waals surface area contributed by atoms with Gasteiger partial charge in [-0.25, -0.2) is 9.18 Å². The maximum absolute atomic E-state index is 16.8. The van der Waals surface area contributed by atoms with Crippen molar-refractivity contribution in [2.45, 2.75) is 96.4 Å². The van der Waals surface area contributed by atoms with Gasteiger partial charge in [-0.1, -0.05) is 73.1 Å². The van der Waals surface area contributed by atoms with Gasteiger partial charge in [-0.15, -0.1) is 0 Å². The Hall–Kier alpha value is -4.37. The van der Waals surface area contributed by atoms with E-state index < -0.39 is 71.7 Å². The number of hydrogen-bond acceptors (Lipinski definition) is 11. The average Bonchev–Trinajstić information content (AvgIpc) is 3.52. The van der Waals surface area contributed by atoms with Crippen molar-refractivity contribution in [3.63, 3.8) is 0 Å². The Labute approximate surface area is 340 Å². The van der Waals surface area contributed by atoms with E-state index in [-0.39, 0.29) is 69.9 Å². The van der Waals surface area contributed by atoms with Crippen molar-refractivity contribution in [2.75, 3.05) is 14.1 Å². The summed E-state index contributed by atoms with van der Waals surface area (Å²) < 4.78 is 48.0. The lowest BCUT2D eigenvalue weighted by Gasteiger charge is -2.55. The number of nitrogens with zero attached hydrogens (tertiary/aromatic N) is 2. The third-order valence-electron chi connectivity index (χ3n) is 11.7. The highest BCUT2D eigenvalue weighted by molar-refractivity contribution is 9.10. The topological polar surface area (TPSA) is 138 Å². The van der Waals surface area contributed by atoms with E-state index in [1.54, 1.807) is 39.0 Å². The molecule has 0 unspecified atom stereocenters. The van der Waals surface area contributed by atoms with Crippen LogP contribution in [0.5, 0.6) is 11.6 Å². The maximum atomic E-state index is 16.8. The molecule has 14 heteroatoms. The minimum Gasteiger partial charge on any atom is -0.507 e. The van der Waals surface area contributed by atoms with Gasteiger partial charge < -0.3 is 28.3 Å². The van der Waals surface area contributed by atoms with Gasteiger partial charge in [0, 0.05) is 32.3 Å². The predicted octanol–water partition coefficient (Wildman–Crippen LogP) is 9.91. The van der Waals surface area contributed by atoms with Gasteiger partial charge in [0.15, 0.2) is 25.4 Å². The zero-order valence-electron chi connectivity index (χ0n) is 33.8. The molecule has 0 saturated heterocycles. The lowest BCUT2D eigenvalue weighted by molar-refractivity contribution is -0.140. The molecule has 1 heterocycles. The van der Waals surface area contributed by atoms with Gasteiger partial charge in [0.05, 0.1) is 11.6 Å². The standard InChI is InChI=1S/C43H48BrFN2O9Si/c1-41(2,3)54-40(51)53-35-26-20-24(44)16-17-25(26)32(45)27-18-23-19-28-33(47(7)8)36-31(39(46-55-36)52-21-22-14-12-11-13-15-22)38(50)43(28,56-57(9,10)42(4,5)6)37(49)29(23)34(48)30(27)35/h11-17,20,23,28,33,48H,18-19,21H2,1-10H3/t23-,28-,33-,43-/m0/s1. The fourth-order valence-electron chi connectivity index (χ4n) is 8.19. The quantitative estimate of drug-likeness (QED) is 0.0823. The van der Waals surface area contributed by atoms with Crippen molar-refractivity contribution < 1.29 is 47.0 Å². The van der Waals surface area contributed by atoms with E-state index in [9.17, 15) is 9.90 Å². The zero-order valence-corrected chi connectivity index (χ0v) is 36.4. The van der Waals surface area contributed by atoms with Gasteiger partial charge in [-0.3, -0.25) is 14.5 Å². The summed E-state index contributed by atoms with van der Waals surface area (Å²) in [4.78, 5) is 46.4. The van der Waals surface area contributed by atoms with E-state index in [2.05, 4.69) is 21.1 Å². The van der Waals surface area contributed by atoms with E-state index in [0.717, 1.165) is 5.56 Å². The first kappa shape index (κ1) is 40.8. The van der Waals surface area contributed by atoms with Crippen molar-refractivity contribution >= 4 is 58.5 Å². The highest BCUT2D eigenvalue weighted by atomic mass is 79.9. The Morgan fingerprint density at radius 2 is 1.72 bits per heavy atom. The number of carbonyl (C=O) groups excluding carboxylic acids is 3. The summed E-state index contributed by atoms with van der Waals surface area (Å²) in [6.45, 7) is 15.1. The number of hydrogen-bond donors (Lipinski definition) is 1. The van der Waals surface area contributed by atoms with Crippen LogP contribution in [0.15, 0.2) is 63.1 Å². The molecule has 0 aliphatic heterocycles. The summed E-state index contributed by atoms with van der Waals surface area (Å²) in [7, 11) is 0.631. The van der Waals surface area contributed by atoms with E-state index >= 15 is 14.0 Å². The molecule has 1 N–H and O–H groups in total. The molecule has 1 saturated carbocycles. The van der Waals surface area contributed by atoms with Crippen LogP contribution in [0, 0.1) is 17.7 Å². The van der Waals surface area contributed by atoms with Gasteiger partial charge in [0.1, 0.15) is 29.3 Å². The molecule has 4 atom stereocenters. The molecular weight excluding hydrogens is 815 g/mol. The minimum atomic E-state index is -3.01. The molecule has 0 bridgehead atoms. The molecule has 7 rings (SSSR count). The monoisotopic (exact) mass is 862 g/mol. The number of carbonyl (C=O) groups is 3. The largest absolute Gasteiger partial charge is 0.514 e. The van der Waals surface area contributed by atoms with Gasteiger partial charge in [0.25, 0.3) is 5.88 Å². The highest BCUT2D eigenvalue weighted by Gasteiger charge is 2.69. The van der Waals surface area contributed by atoms with Crippen LogP contribution in [0.1, 0.15) is 86.8 Å². The Bertz CT molecular complexity index is 2340. The number of fused-ring (bicyclic) bond motifs is 5. The number of aromatic nitrogens is 1. The smallest absolute Gasteiger partial charge is 0.507 e. The van der Waals surface area contributed by atoms with E-state index in [1.807, 2.05) is 83.2 Å². The Balaban J connectivity index is 1.47. The van der Waals surface area contributed by atoms with Crippen LogP contribution in [0.4, 0.5) is 9.18 Å². The van der Waals surface area contributed by atoms with Crippen LogP contribution < -0.4 is 9.47 Å². The molecule has 11 nitrogen and oxygen atoms in total. The van der Waals surface area contributed by atoms with Crippen LogP contribution in [0.2, 0.25) is 18.1 Å². The first-order valence-corrected chi connectivity index (χ1v) is 22.7. The summed E-state index contributed by atoms with van der Waals surface area (Å²) in [6, 6.07) is 13.5. The Kier molecular flexibility index (Phi) is 10.1. The maximum Gasteiger partial charge on any atom is 0.514 e. The van der Waals surface area contributed by atoms with Crippen molar-refractivity contribution in [2.24, 2.45) is 11.8 Å². The normalized spacial score (nSPS) is 22.2. The molecule has 0 amide bonds. The average molecular weight is 864 g/mol. The van der Waals surface area contributed by atoms with Crippen LogP contribution >= 0.6 is 15.9 Å². The molecule has 3 aliphatic carbocycles. The first-order chi connectivity index (χ1) is 26.6. The van der Waals surface area contributed by atoms with E-state index in [1.165, 1.54) is 0 Å². The fraction of sp³-hybridized carbons (Fsp3) is 0.442. The predicted molar refractivity (Wildman–Crippen MR) is 217 cm³/mol. The van der Waals surface area contributed by atoms with Crippen molar-refractivity contribution in [3.05, 3.63) is 92.4 Å². The third-order valence-corrected chi connectivity index (χ3v) is 16.7. The van der Waals surface area contributed by atoms with Gasteiger partial charge in [-0.05, 0) is 94.6 Å². The number of aliphatic hydroxyl groups is 1. The number of rotatable bonds is 7. The summed E-state index contributed by atoms with van der Waals surface area (Å²) in [5.41, 5.74) is -2.46.